The van der Waals surface area contributed by atoms with Gasteiger partial charge in [0.25, 0.3) is 0 Å². The number of rotatable bonds is 6. The minimum Gasteiger partial charge on any atom is -0.493 e. The summed E-state index contributed by atoms with van der Waals surface area (Å²) in [5, 5.41) is 3.23. The molecule has 1 aliphatic carbocycles. The molecule has 0 heterocycles. The van der Waals surface area contributed by atoms with Crippen LogP contribution in [0.25, 0.3) is 0 Å². The molecule has 1 unspecified atom stereocenters. The molecule has 4 rings (SSSR count). The van der Waals surface area contributed by atoms with Crippen molar-refractivity contribution in [3.63, 3.8) is 0 Å². The minimum atomic E-state index is -0.593. The Morgan fingerprint density at radius 2 is 1.66 bits per heavy atom. The lowest BCUT2D eigenvalue weighted by Crippen LogP contribution is -2.16. The number of anilines is 1. The number of carbonyl (C=O) groups is 2. The van der Waals surface area contributed by atoms with Gasteiger partial charge in [-0.15, -0.1) is 0 Å². The number of ether oxygens (including phenoxy) is 3. The number of hydrogen-bond acceptors (Lipinski definition) is 5. The van der Waals surface area contributed by atoms with Crippen molar-refractivity contribution in [2.45, 2.75) is 12.8 Å². The van der Waals surface area contributed by atoms with E-state index in [1.807, 2.05) is 18.2 Å². The van der Waals surface area contributed by atoms with Gasteiger partial charge in [0.05, 0.1) is 14.2 Å². The van der Waals surface area contributed by atoms with E-state index in [1.165, 1.54) is 0 Å². The van der Waals surface area contributed by atoms with Gasteiger partial charge in [0, 0.05) is 22.2 Å². The van der Waals surface area contributed by atoms with E-state index in [0.29, 0.717) is 46.4 Å². The summed E-state index contributed by atoms with van der Waals surface area (Å²) in [6.07, 6.45) is 0.649. The monoisotopic (exact) mass is 451 g/mol. The molecule has 0 aliphatic heterocycles. The molecular weight excluding hydrogens is 430 g/mol. The first-order valence-corrected chi connectivity index (χ1v) is 10.5. The van der Waals surface area contributed by atoms with Crippen LogP contribution in [0.15, 0.2) is 60.7 Å². The van der Waals surface area contributed by atoms with Crippen molar-refractivity contribution in [3.05, 3.63) is 82.4 Å². The van der Waals surface area contributed by atoms with E-state index in [1.54, 1.807) is 56.7 Å². The van der Waals surface area contributed by atoms with Gasteiger partial charge in [-0.2, -0.15) is 0 Å². The number of carbonyl (C=O) groups excluding carboxylic acids is 2. The van der Waals surface area contributed by atoms with E-state index in [0.717, 1.165) is 11.1 Å². The van der Waals surface area contributed by atoms with Gasteiger partial charge in [0.2, 0.25) is 0 Å². The Morgan fingerprint density at radius 1 is 1.00 bits per heavy atom. The molecule has 0 bridgehead atoms. The summed E-state index contributed by atoms with van der Waals surface area (Å²) in [4.78, 5) is 25.0. The summed E-state index contributed by atoms with van der Waals surface area (Å²) in [6, 6.07) is 17.5. The third-order valence-corrected chi connectivity index (χ3v) is 5.67. The van der Waals surface area contributed by atoms with Crippen molar-refractivity contribution in [1.82, 2.24) is 0 Å². The summed E-state index contributed by atoms with van der Waals surface area (Å²) in [7, 11) is 3.14. The predicted octanol–water partition coefficient (Wildman–Crippen LogP) is 5.57. The topological polar surface area (TPSA) is 73.9 Å². The van der Waals surface area contributed by atoms with Gasteiger partial charge < -0.3 is 14.2 Å². The largest absolute Gasteiger partial charge is 0.493 e. The molecule has 6 nitrogen and oxygen atoms in total. The molecule has 1 amide bonds. The van der Waals surface area contributed by atoms with E-state index in [9.17, 15) is 9.59 Å². The summed E-state index contributed by atoms with van der Waals surface area (Å²) in [6.45, 7) is 0. The van der Waals surface area contributed by atoms with Crippen LogP contribution in [0, 0.1) is 5.92 Å². The van der Waals surface area contributed by atoms with E-state index in [-0.39, 0.29) is 11.7 Å². The first kappa shape index (κ1) is 21.7. The second kappa shape index (κ2) is 9.32. The van der Waals surface area contributed by atoms with Crippen LogP contribution in [0.1, 0.15) is 21.5 Å². The summed E-state index contributed by atoms with van der Waals surface area (Å²) < 4.78 is 16.0. The normalized spacial score (nSPS) is 14.6. The highest BCUT2D eigenvalue weighted by Crippen LogP contribution is 2.37. The van der Waals surface area contributed by atoms with Crippen LogP contribution in [-0.4, -0.2) is 26.1 Å². The van der Waals surface area contributed by atoms with E-state index in [2.05, 4.69) is 5.32 Å². The molecular formula is C25H22ClNO5. The van der Waals surface area contributed by atoms with Gasteiger partial charge in [0.1, 0.15) is 5.75 Å². The molecule has 7 heteroatoms. The van der Waals surface area contributed by atoms with Gasteiger partial charge >= 0.3 is 6.09 Å². The molecule has 0 spiro atoms. The second-order valence-electron chi connectivity index (χ2n) is 7.50. The van der Waals surface area contributed by atoms with Gasteiger partial charge in [-0.05, 0) is 72.5 Å². The lowest BCUT2D eigenvalue weighted by atomic mass is 9.96. The number of fused-ring (bicyclic) bond motifs is 1. The quantitative estimate of drug-likeness (QED) is 0.530. The highest BCUT2D eigenvalue weighted by atomic mass is 35.5. The standard InChI is InChI=1S/C25H22ClNO5/c1-30-22-13-16-12-17(24(28)21(16)14-23(22)31-2)11-15-3-9-20(10-4-15)32-25(29)27-19-7-5-18(26)6-8-19/h3-10,13-14,17H,11-12H2,1-2H3,(H,27,29). The van der Waals surface area contributed by atoms with Crippen LogP contribution in [0.4, 0.5) is 10.5 Å². The minimum absolute atomic E-state index is 0.101. The lowest BCUT2D eigenvalue weighted by Gasteiger charge is -2.10. The number of hydrogen-bond donors (Lipinski definition) is 1. The van der Waals surface area contributed by atoms with Gasteiger partial charge in [0.15, 0.2) is 17.3 Å². The Hall–Kier alpha value is -3.51. The number of amides is 1. The maximum Gasteiger partial charge on any atom is 0.417 e. The Kier molecular flexibility index (Phi) is 6.32. The number of halogens is 1. The Morgan fingerprint density at radius 3 is 2.31 bits per heavy atom. The molecule has 0 aromatic heterocycles. The first-order valence-electron chi connectivity index (χ1n) is 10.1. The van der Waals surface area contributed by atoms with Crippen LogP contribution in [0.5, 0.6) is 17.2 Å². The summed E-state index contributed by atoms with van der Waals surface area (Å²) in [5.41, 5.74) is 3.23. The Bertz CT molecular complexity index is 1140. The zero-order valence-corrected chi connectivity index (χ0v) is 18.4. The molecule has 3 aromatic carbocycles. The summed E-state index contributed by atoms with van der Waals surface area (Å²) >= 11 is 5.84. The first-order chi connectivity index (χ1) is 15.5. The lowest BCUT2D eigenvalue weighted by molar-refractivity contribution is 0.0936. The van der Waals surface area contributed by atoms with E-state index < -0.39 is 6.09 Å². The van der Waals surface area contributed by atoms with Crippen molar-refractivity contribution in [2.75, 3.05) is 19.5 Å². The van der Waals surface area contributed by atoms with Crippen LogP contribution in [-0.2, 0) is 12.8 Å². The molecule has 32 heavy (non-hydrogen) atoms. The molecule has 0 fully saturated rings. The highest BCUT2D eigenvalue weighted by Gasteiger charge is 2.32. The van der Waals surface area contributed by atoms with Gasteiger partial charge in [-0.25, -0.2) is 4.79 Å². The maximum atomic E-state index is 12.9. The van der Waals surface area contributed by atoms with Crippen LogP contribution < -0.4 is 19.5 Å². The van der Waals surface area contributed by atoms with Gasteiger partial charge in [-0.3, -0.25) is 10.1 Å². The van der Waals surface area contributed by atoms with Crippen molar-refractivity contribution < 1.29 is 23.8 Å². The molecule has 1 N–H and O–H groups in total. The maximum absolute atomic E-state index is 12.9. The smallest absolute Gasteiger partial charge is 0.417 e. The third kappa shape index (κ3) is 4.70. The number of benzene rings is 3. The molecule has 3 aromatic rings. The Balaban J connectivity index is 1.38. The van der Waals surface area contributed by atoms with Crippen LogP contribution in [0.3, 0.4) is 0 Å². The molecule has 0 saturated carbocycles. The second-order valence-corrected chi connectivity index (χ2v) is 7.94. The SMILES string of the molecule is COc1cc2c(cc1OC)C(=O)C(Cc1ccc(OC(=O)Nc3ccc(Cl)cc3)cc1)C2. The molecule has 0 saturated heterocycles. The van der Waals surface area contributed by atoms with E-state index >= 15 is 0 Å². The number of ketones is 1. The van der Waals surface area contributed by atoms with Crippen LogP contribution >= 0.6 is 11.6 Å². The van der Waals surface area contributed by atoms with Crippen molar-refractivity contribution >= 4 is 29.2 Å². The third-order valence-electron chi connectivity index (χ3n) is 5.42. The number of methoxy groups -OCH3 is 2. The zero-order valence-electron chi connectivity index (χ0n) is 17.7. The van der Waals surface area contributed by atoms with Crippen molar-refractivity contribution in [3.8, 4) is 17.2 Å². The van der Waals surface area contributed by atoms with E-state index in [4.69, 9.17) is 25.8 Å². The fourth-order valence-electron chi connectivity index (χ4n) is 3.82. The highest BCUT2D eigenvalue weighted by molar-refractivity contribution is 6.30. The van der Waals surface area contributed by atoms with Crippen LogP contribution in [0.2, 0.25) is 5.02 Å². The average Bonchev–Trinajstić information content (AvgIpc) is 3.10. The molecule has 164 valence electrons. The number of Topliss-reactive ketones (excluding diaryl/α,β-unsaturated/α-hetero) is 1. The zero-order chi connectivity index (χ0) is 22.7. The fourth-order valence-corrected chi connectivity index (χ4v) is 3.95. The molecule has 1 aliphatic rings. The van der Waals surface area contributed by atoms with Crippen molar-refractivity contribution in [1.29, 1.82) is 0 Å². The van der Waals surface area contributed by atoms with Crippen molar-refractivity contribution in [2.24, 2.45) is 5.92 Å². The molecule has 1 atom stereocenters. The Labute approximate surface area is 191 Å². The molecule has 0 radical (unpaired) electrons. The van der Waals surface area contributed by atoms with Gasteiger partial charge in [-0.1, -0.05) is 23.7 Å². The number of nitrogens with one attached hydrogen (secondary N) is 1. The average molecular weight is 452 g/mol. The fraction of sp³-hybridized carbons (Fsp3) is 0.200. The predicted molar refractivity (Wildman–Crippen MR) is 122 cm³/mol. The summed E-state index contributed by atoms with van der Waals surface area (Å²) in [5.74, 6) is 1.54.